The number of anilines is 3. The summed E-state index contributed by atoms with van der Waals surface area (Å²) in [5.41, 5.74) is 11.1. The summed E-state index contributed by atoms with van der Waals surface area (Å²) >= 11 is 0. The second kappa shape index (κ2) is 10.3. The Morgan fingerprint density at radius 2 is 1.85 bits per heavy atom. The van der Waals surface area contributed by atoms with Gasteiger partial charge in [0.05, 0.1) is 5.69 Å². The number of hydrogen-bond acceptors (Lipinski definition) is 6. The van der Waals surface area contributed by atoms with E-state index in [1.807, 2.05) is 6.92 Å². The molecule has 2 saturated heterocycles. The van der Waals surface area contributed by atoms with Crippen LogP contribution in [0.2, 0.25) is 0 Å². The maximum atomic E-state index is 15.6. The van der Waals surface area contributed by atoms with E-state index < -0.39 is 18.1 Å². The van der Waals surface area contributed by atoms with Crippen LogP contribution in [-0.2, 0) is 11.2 Å². The van der Waals surface area contributed by atoms with Crippen molar-refractivity contribution in [3.63, 3.8) is 0 Å². The van der Waals surface area contributed by atoms with E-state index in [1.54, 1.807) is 65.5 Å². The van der Waals surface area contributed by atoms with Crippen molar-refractivity contribution in [3.8, 4) is 11.1 Å². The predicted molar refractivity (Wildman–Crippen MR) is 144 cm³/mol. The van der Waals surface area contributed by atoms with Crippen LogP contribution >= 0.6 is 0 Å². The van der Waals surface area contributed by atoms with Crippen molar-refractivity contribution < 1.29 is 23.5 Å². The third-order valence-electron chi connectivity index (χ3n) is 6.87. The molecule has 0 spiro atoms. The van der Waals surface area contributed by atoms with Crippen molar-refractivity contribution in [2.45, 2.75) is 19.7 Å². The molecule has 1 aromatic heterocycles. The summed E-state index contributed by atoms with van der Waals surface area (Å²) in [6, 6.07) is 12.2. The fourth-order valence-corrected chi connectivity index (χ4v) is 4.93. The topological polar surface area (TPSA) is 124 Å². The highest BCUT2D eigenvalue weighted by Gasteiger charge is 2.37. The number of benzene rings is 2. The van der Waals surface area contributed by atoms with Gasteiger partial charge in [0, 0.05) is 55.8 Å². The zero-order chi connectivity index (χ0) is 27.8. The highest BCUT2D eigenvalue weighted by molar-refractivity contribution is 6.07. The number of aromatic nitrogens is 1. The van der Waals surface area contributed by atoms with Crippen LogP contribution < -0.4 is 25.9 Å². The predicted octanol–water partition coefficient (Wildman–Crippen LogP) is 3.30. The molecule has 1 unspecified atom stereocenters. The number of carbonyl (C=O) groups is 3. The van der Waals surface area contributed by atoms with Gasteiger partial charge in [-0.1, -0.05) is 13.0 Å². The Labute approximate surface area is 224 Å². The van der Waals surface area contributed by atoms with Crippen LogP contribution in [0.15, 0.2) is 54.7 Å². The molecule has 1 atom stereocenters. The number of nitrogens with two attached hydrogens (primary N) is 1. The summed E-state index contributed by atoms with van der Waals surface area (Å²) in [6.45, 7) is 2.66. The molecule has 2 aromatic carbocycles. The third kappa shape index (κ3) is 4.53. The fourth-order valence-electron chi connectivity index (χ4n) is 4.93. The van der Waals surface area contributed by atoms with E-state index in [2.05, 4.69) is 10.4 Å². The van der Waals surface area contributed by atoms with E-state index in [0.717, 1.165) is 0 Å². The van der Waals surface area contributed by atoms with Crippen molar-refractivity contribution in [1.29, 1.82) is 0 Å². The normalized spacial score (nSPS) is 17.5. The number of nitrogens with one attached hydrogen (secondary N) is 1. The zero-order valence-electron chi connectivity index (χ0n) is 21.7. The van der Waals surface area contributed by atoms with E-state index in [-0.39, 0.29) is 12.1 Å². The number of carbonyl (C=O) groups excluding carboxylic acids is 3. The van der Waals surface area contributed by atoms with Crippen LogP contribution in [0, 0.1) is 5.82 Å². The fraction of sp³-hybridized carbons (Fsp3) is 0.259. The van der Waals surface area contributed by atoms with Gasteiger partial charge in [-0.25, -0.2) is 19.0 Å². The number of halogens is 1. The second-order valence-electron chi connectivity index (χ2n) is 9.11. The quantitative estimate of drug-likeness (QED) is 0.480. The van der Waals surface area contributed by atoms with Crippen LogP contribution in [0.25, 0.3) is 11.1 Å². The average molecular weight is 534 g/mol. The van der Waals surface area contributed by atoms with Gasteiger partial charge in [-0.2, -0.15) is 5.43 Å². The van der Waals surface area contributed by atoms with Gasteiger partial charge in [0.1, 0.15) is 11.6 Å². The monoisotopic (exact) mass is 533 g/mol. The molecule has 5 amide bonds. The molecule has 2 aliphatic heterocycles. The van der Waals surface area contributed by atoms with Crippen molar-refractivity contribution in [2.75, 3.05) is 41.9 Å². The molecule has 0 aliphatic carbocycles. The minimum Gasteiger partial charge on any atom is -0.366 e. The number of pyridine rings is 1. The number of primary amides is 1. The molecule has 39 heavy (non-hydrogen) atoms. The lowest BCUT2D eigenvalue weighted by Gasteiger charge is -2.23. The Hall–Kier alpha value is -4.55. The molecule has 0 saturated carbocycles. The number of rotatable bonds is 7. The summed E-state index contributed by atoms with van der Waals surface area (Å²) in [6.07, 6.45) is 1.27. The van der Waals surface area contributed by atoms with Crippen LogP contribution in [0.3, 0.4) is 0 Å². The van der Waals surface area contributed by atoms with Gasteiger partial charge in [-0.05, 0) is 54.4 Å². The first-order valence-corrected chi connectivity index (χ1v) is 12.4. The van der Waals surface area contributed by atoms with E-state index in [1.165, 1.54) is 23.1 Å². The van der Waals surface area contributed by atoms with E-state index in [9.17, 15) is 14.4 Å². The molecule has 0 radical (unpaired) electrons. The Morgan fingerprint density at radius 1 is 1.08 bits per heavy atom. The highest BCUT2D eigenvalue weighted by Crippen LogP contribution is 2.36. The number of hydrazine groups is 1. The van der Waals surface area contributed by atoms with Crippen LogP contribution in [0.5, 0.6) is 0 Å². The Bertz CT molecular complexity index is 1470. The van der Waals surface area contributed by atoms with Crippen LogP contribution in [0.1, 0.15) is 22.8 Å². The minimum absolute atomic E-state index is 0.304. The number of hydrogen-bond donors (Lipinski definition) is 2. The van der Waals surface area contributed by atoms with Gasteiger partial charge in [-0.15, -0.1) is 0 Å². The van der Waals surface area contributed by atoms with Crippen molar-refractivity contribution in [2.24, 2.45) is 5.73 Å². The van der Waals surface area contributed by atoms with Gasteiger partial charge >= 0.3 is 12.1 Å². The maximum absolute atomic E-state index is 15.6. The molecular weight excluding hydrogens is 505 g/mol. The average Bonchev–Trinajstić information content (AvgIpc) is 3.46. The van der Waals surface area contributed by atoms with Gasteiger partial charge in [0.2, 0.25) is 12.3 Å². The minimum atomic E-state index is -0.765. The van der Waals surface area contributed by atoms with E-state index in [4.69, 9.17) is 10.5 Å². The standard InChI is InChI=1S/C27H28FN7O4/c1-4-19-20(21-9-8-18(15-22(21)28)35-25(39-3)31-32(2)26(35)37)10-11-30-24(19)34-13-12-33(27(34)38)17-7-5-6-16(14-17)23(29)36/h5-11,14-15,25,31H,4,12-13H2,1-3H3,(H2,29,36). The molecule has 3 N–H and O–H groups in total. The van der Waals surface area contributed by atoms with Crippen LogP contribution in [-0.4, -0.2) is 61.6 Å². The molecule has 11 nitrogen and oxygen atoms in total. The first-order chi connectivity index (χ1) is 18.7. The van der Waals surface area contributed by atoms with Crippen molar-refractivity contribution in [3.05, 3.63) is 71.7 Å². The summed E-state index contributed by atoms with van der Waals surface area (Å²) < 4.78 is 20.9. The lowest BCUT2D eigenvalue weighted by molar-refractivity contribution is 0.0648. The first-order valence-electron chi connectivity index (χ1n) is 12.4. The van der Waals surface area contributed by atoms with Crippen molar-refractivity contribution >= 4 is 35.2 Å². The lowest BCUT2D eigenvalue weighted by Crippen LogP contribution is -2.38. The molecule has 5 rings (SSSR count). The molecule has 3 heterocycles. The molecule has 3 aromatic rings. The number of nitrogens with zero attached hydrogens (tertiary/aromatic N) is 5. The van der Waals surface area contributed by atoms with Gasteiger partial charge < -0.3 is 10.5 Å². The van der Waals surface area contributed by atoms with Gasteiger partial charge in [0.15, 0.2) is 0 Å². The summed E-state index contributed by atoms with van der Waals surface area (Å²) in [5.74, 6) is -0.669. The third-order valence-corrected chi connectivity index (χ3v) is 6.87. The molecular formula is C27H28FN7O4. The van der Waals surface area contributed by atoms with Crippen molar-refractivity contribution in [1.82, 2.24) is 15.4 Å². The maximum Gasteiger partial charge on any atom is 0.341 e. The molecule has 0 bridgehead atoms. The van der Waals surface area contributed by atoms with E-state index in [0.29, 0.717) is 59.0 Å². The molecule has 2 aliphatic rings. The molecule has 2 fully saturated rings. The highest BCUT2D eigenvalue weighted by atomic mass is 19.1. The second-order valence-corrected chi connectivity index (χ2v) is 9.11. The lowest BCUT2D eigenvalue weighted by atomic mass is 9.98. The Kier molecular flexibility index (Phi) is 6.89. The summed E-state index contributed by atoms with van der Waals surface area (Å²) in [4.78, 5) is 46.5. The summed E-state index contributed by atoms with van der Waals surface area (Å²) in [5, 5.41) is 1.27. The number of methoxy groups -OCH3 is 1. The number of ether oxygens (including phenoxy) is 1. The van der Waals surface area contributed by atoms with Gasteiger partial charge in [-0.3, -0.25) is 24.5 Å². The van der Waals surface area contributed by atoms with Gasteiger partial charge in [0.25, 0.3) is 0 Å². The zero-order valence-corrected chi connectivity index (χ0v) is 21.7. The summed E-state index contributed by atoms with van der Waals surface area (Å²) in [7, 11) is 3.00. The smallest absolute Gasteiger partial charge is 0.341 e. The first kappa shape index (κ1) is 26.1. The molecule has 12 heteroatoms. The van der Waals surface area contributed by atoms with Crippen LogP contribution in [0.4, 0.5) is 31.2 Å². The largest absolute Gasteiger partial charge is 0.366 e. The number of urea groups is 2. The van der Waals surface area contributed by atoms with E-state index >= 15 is 4.39 Å². The SMILES string of the molecule is CCc1c(-c2ccc(N3C(=O)N(C)NC3OC)cc2F)ccnc1N1CCN(c2cccc(C(N)=O)c2)C1=O. The Balaban J connectivity index is 1.47. The number of amides is 5. The Morgan fingerprint density at radius 3 is 2.54 bits per heavy atom. The molecule has 202 valence electrons.